The Morgan fingerprint density at radius 3 is 2.24 bits per heavy atom. The Morgan fingerprint density at radius 1 is 1.00 bits per heavy atom. The maximum absolute atomic E-state index is 13.7. The third-order valence-corrected chi connectivity index (χ3v) is 5.45. The Labute approximate surface area is 201 Å². The fourth-order valence-corrected chi connectivity index (χ4v) is 3.68. The van der Waals surface area contributed by atoms with Crippen LogP contribution in [0.2, 0.25) is 0 Å². The number of rotatable bonds is 12. The molecule has 2 rings (SSSR count). The van der Waals surface area contributed by atoms with E-state index in [4.69, 9.17) is 9.47 Å². The molecule has 1 unspecified atom stereocenters. The normalized spacial score (nSPS) is 14.5. The van der Waals surface area contributed by atoms with Crippen LogP contribution in [0.5, 0.6) is 0 Å². The molecule has 3 atom stereocenters. The van der Waals surface area contributed by atoms with Crippen LogP contribution in [0.15, 0.2) is 54.7 Å². The summed E-state index contributed by atoms with van der Waals surface area (Å²) in [6.45, 7) is 7.49. The van der Waals surface area contributed by atoms with E-state index in [1.165, 1.54) is 7.11 Å². The highest BCUT2D eigenvalue weighted by Gasteiger charge is 2.42. The van der Waals surface area contributed by atoms with Crippen molar-refractivity contribution in [1.29, 1.82) is 0 Å². The van der Waals surface area contributed by atoms with Crippen LogP contribution in [0.4, 0.5) is 0 Å². The number of carbonyl (C=O) groups is 3. The Morgan fingerprint density at radius 2 is 1.68 bits per heavy atom. The van der Waals surface area contributed by atoms with E-state index in [-0.39, 0.29) is 12.5 Å². The molecule has 0 fully saturated rings. The van der Waals surface area contributed by atoms with E-state index >= 15 is 0 Å². The van der Waals surface area contributed by atoms with Crippen molar-refractivity contribution in [2.24, 2.45) is 5.92 Å². The molecule has 2 N–H and O–H groups in total. The highest BCUT2D eigenvalue weighted by Crippen LogP contribution is 2.22. The third-order valence-electron chi connectivity index (χ3n) is 5.45. The average molecular weight is 470 g/mol. The molecule has 2 aromatic rings. The van der Waals surface area contributed by atoms with Crippen LogP contribution >= 0.6 is 0 Å². The number of nitrogens with zero attached hydrogens (tertiary/aromatic N) is 1. The van der Waals surface area contributed by atoms with E-state index in [2.05, 4.69) is 15.6 Å². The predicted octanol–water partition coefficient (Wildman–Crippen LogP) is 2.76. The minimum Gasteiger partial charge on any atom is -0.467 e. The smallest absolute Gasteiger partial charge is 0.328 e. The van der Waals surface area contributed by atoms with Gasteiger partial charge in [-0.05, 0) is 50.3 Å². The predicted molar refractivity (Wildman–Crippen MR) is 129 cm³/mol. The van der Waals surface area contributed by atoms with Crippen LogP contribution in [-0.4, -0.2) is 48.6 Å². The Bertz CT molecular complexity index is 936. The summed E-state index contributed by atoms with van der Waals surface area (Å²) in [6, 6.07) is 13.0. The number of methoxy groups -OCH3 is 1. The van der Waals surface area contributed by atoms with Gasteiger partial charge in [0.05, 0.1) is 19.4 Å². The van der Waals surface area contributed by atoms with E-state index < -0.39 is 35.5 Å². The second-order valence-corrected chi connectivity index (χ2v) is 8.66. The first-order valence-electron chi connectivity index (χ1n) is 11.5. The van der Waals surface area contributed by atoms with E-state index in [0.717, 1.165) is 5.56 Å². The van der Waals surface area contributed by atoms with Gasteiger partial charge in [-0.3, -0.25) is 19.9 Å². The lowest BCUT2D eigenvalue weighted by Gasteiger charge is -2.34. The van der Waals surface area contributed by atoms with Crippen LogP contribution in [0.25, 0.3) is 0 Å². The molecule has 0 saturated carbocycles. The topological polar surface area (TPSA) is 107 Å². The monoisotopic (exact) mass is 469 g/mol. The molecule has 0 aliphatic carbocycles. The summed E-state index contributed by atoms with van der Waals surface area (Å²) in [5.41, 5.74) is -0.122. The number of hydrogen-bond donors (Lipinski definition) is 2. The van der Waals surface area contributed by atoms with Crippen molar-refractivity contribution in [3.05, 3.63) is 66.0 Å². The number of hydrogen-bond acceptors (Lipinski definition) is 7. The van der Waals surface area contributed by atoms with E-state index in [9.17, 15) is 14.4 Å². The number of ether oxygens (including phenoxy) is 2. The lowest BCUT2D eigenvalue weighted by atomic mass is 9.92. The van der Waals surface area contributed by atoms with Crippen molar-refractivity contribution in [1.82, 2.24) is 15.6 Å². The van der Waals surface area contributed by atoms with Gasteiger partial charge in [0, 0.05) is 6.20 Å². The highest BCUT2D eigenvalue weighted by molar-refractivity contribution is 5.91. The largest absolute Gasteiger partial charge is 0.467 e. The second-order valence-electron chi connectivity index (χ2n) is 8.66. The lowest BCUT2D eigenvalue weighted by Crippen LogP contribution is -2.60. The molecule has 34 heavy (non-hydrogen) atoms. The highest BCUT2D eigenvalue weighted by atomic mass is 16.5. The molecule has 184 valence electrons. The van der Waals surface area contributed by atoms with E-state index in [1.807, 2.05) is 44.2 Å². The molecule has 8 heteroatoms. The van der Waals surface area contributed by atoms with Crippen LogP contribution in [0.3, 0.4) is 0 Å². The summed E-state index contributed by atoms with van der Waals surface area (Å²) in [5, 5.41) is 6.00. The van der Waals surface area contributed by atoms with Gasteiger partial charge in [-0.2, -0.15) is 0 Å². The van der Waals surface area contributed by atoms with E-state index in [1.54, 1.807) is 38.2 Å². The van der Waals surface area contributed by atoms with Gasteiger partial charge >= 0.3 is 11.9 Å². The summed E-state index contributed by atoms with van der Waals surface area (Å²) in [5.74, 6) is -1.36. The first-order chi connectivity index (χ1) is 16.2. The molecule has 1 amide bonds. The molecule has 8 nitrogen and oxygen atoms in total. The molecule has 1 heterocycles. The lowest BCUT2D eigenvalue weighted by molar-refractivity contribution is -0.149. The van der Waals surface area contributed by atoms with Gasteiger partial charge in [0.2, 0.25) is 5.91 Å². The third kappa shape index (κ3) is 7.38. The number of benzene rings is 1. The molecule has 1 aromatic heterocycles. The van der Waals surface area contributed by atoms with Gasteiger partial charge in [0.1, 0.15) is 17.6 Å². The SMILES string of the molecule is CCOC(=O)C(Cc1ccccc1)N[C@@](C)(C(=O)N[C@@H](CC(C)C)C(=O)OC)c1ccccn1. The summed E-state index contributed by atoms with van der Waals surface area (Å²) >= 11 is 0. The summed E-state index contributed by atoms with van der Waals surface area (Å²) in [7, 11) is 1.29. The Balaban J connectivity index is 2.43. The Kier molecular flexibility index (Phi) is 10.2. The minimum absolute atomic E-state index is 0.142. The Hall–Kier alpha value is -3.26. The van der Waals surface area contributed by atoms with Gasteiger partial charge in [-0.15, -0.1) is 0 Å². The number of aromatic nitrogens is 1. The number of amides is 1. The van der Waals surface area contributed by atoms with Crippen molar-refractivity contribution in [2.45, 2.75) is 58.2 Å². The van der Waals surface area contributed by atoms with Crippen molar-refractivity contribution < 1.29 is 23.9 Å². The number of nitrogens with one attached hydrogen (secondary N) is 2. The first-order valence-corrected chi connectivity index (χ1v) is 11.5. The first kappa shape index (κ1) is 27.0. The zero-order chi connectivity index (χ0) is 25.1. The molecule has 0 radical (unpaired) electrons. The number of pyridine rings is 1. The van der Waals surface area contributed by atoms with Crippen molar-refractivity contribution in [3.63, 3.8) is 0 Å². The quantitative estimate of drug-likeness (QED) is 0.460. The molecule has 0 bridgehead atoms. The van der Waals surface area contributed by atoms with Gasteiger partial charge in [0.15, 0.2) is 0 Å². The summed E-state index contributed by atoms with van der Waals surface area (Å²) in [4.78, 5) is 43.3. The van der Waals surface area contributed by atoms with Crippen LogP contribution in [0, 0.1) is 5.92 Å². The molecule has 0 spiro atoms. The van der Waals surface area contributed by atoms with Crippen LogP contribution in [-0.2, 0) is 35.8 Å². The van der Waals surface area contributed by atoms with Crippen molar-refractivity contribution in [2.75, 3.05) is 13.7 Å². The standard InChI is InChI=1S/C26H35N3O5/c1-6-34-24(31)21(17-19-12-8-7-9-13-19)29-26(4,22-14-10-11-15-27-22)25(32)28-20(16-18(2)3)23(30)33-5/h7-15,18,20-21,29H,6,16-17H2,1-5H3,(H,28,32)/t20-,21?,26+/m0/s1. The maximum Gasteiger partial charge on any atom is 0.328 e. The summed E-state index contributed by atoms with van der Waals surface area (Å²) < 4.78 is 10.2. The molecular formula is C26H35N3O5. The van der Waals surface area contributed by atoms with Crippen molar-refractivity contribution >= 4 is 17.8 Å². The molecule has 0 aliphatic rings. The van der Waals surface area contributed by atoms with Gasteiger partial charge < -0.3 is 14.8 Å². The fraction of sp³-hybridized carbons (Fsp3) is 0.462. The zero-order valence-electron chi connectivity index (χ0n) is 20.5. The number of carbonyl (C=O) groups excluding carboxylic acids is 3. The zero-order valence-corrected chi connectivity index (χ0v) is 20.5. The molecule has 0 saturated heterocycles. The minimum atomic E-state index is -1.43. The molecular weight excluding hydrogens is 434 g/mol. The van der Waals surface area contributed by atoms with Crippen LogP contribution < -0.4 is 10.6 Å². The van der Waals surface area contributed by atoms with Gasteiger partial charge in [-0.1, -0.05) is 50.2 Å². The van der Waals surface area contributed by atoms with E-state index in [0.29, 0.717) is 18.5 Å². The maximum atomic E-state index is 13.7. The summed E-state index contributed by atoms with van der Waals surface area (Å²) in [6.07, 6.45) is 2.29. The second kappa shape index (κ2) is 12.8. The van der Waals surface area contributed by atoms with Crippen LogP contribution in [0.1, 0.15) is 45.4 Å². The average Bonchev–Trinajstić information content (AvgIpc) is 2.83. The van der Waals surface area contributed by atoms with Gasteiger partial charge in [-0.25, -0.2) is 4.79 Å². The molecule has 1 aromatic carbocycles. The fourth-order valence-electron chi connectivity index (χ4n) is 3.68. The number of esters is 2. The van der Waals surface area contributed by atoms with Gasteiger partial charge in [0.25, 0.3) is 0 Å². The molecule has 0 aliphatic heterocycles. The van der Waals surface area contributed by atoms with Crippen molar-refractivity contribution in [3.8, 4) is 0 Å².